The number of amides is 1. The number of rotatable bonds is 6. The summed E-state index contributed by atoms with van der Waals surface area (Å²) in [4.78, 5) is 23.9. The summed E-state index contributed by atoms with van der Waals surface area (Å²) in [7, 11) is 0. The van der Waals surface area contributed by atoms with Crippen LogP contribution in [0.25, 0.3) is 0 Å². The Labute approximate surface area is 203 Å². The first-order valence-electron chi connectivity index (χ1n) is 11.3. The van der Waals surface area contributed by atoms with Gasteiger partial charge < -0.3 is 9.64 Å². The zero-order valence-corrected chi connectivity index (χ0v) is 20.1. The molecule has 0 aliphatic carbocycles. The molecule has 2 fully saturated rings. The highest BCUT2D eigenvalue weighted by atomic mass is 35.5. The zero-order chi connectivity index (χ0) is 22.8. The lowest BCUT2D eigenvalue weighted by Crippen LogP contribution is -2.49. The van der Waals surface area contributed by atoms with Crippen molar-refractivity contribution in [1.29, 1.82) is 0 Å². The second-order valence-corrected chi connectivity index (χ2v) is 10.1. The molecule has 2 saturated heterocycles. The van der Waals surface area contributed by atoms with Gasteiger partial charge in [-0.05, 0) is 61.2 Å². The molecule has 7 heteroatoms. The Hall–Kier alpha value is -2.57. The van der Waals surface area contributed by atoms with Crippen LogP contribution in [0.5, 0.6) is 5.75 Å². The highest BCUT2D eigenvalue weighted by Crippen LogP contribution is 2.39. The molecule has 2 aliphatic rings. The number of benzene rings is 2. The molecule has 3 atom stereocenters. The maximum atomic E-state index is 13.4. The molecule has 0 N–H and O–H groups in total. The molecule has 5 nitrogen and oxygen atoms in total. The van der Waals surface area contributed by atoms with Crippen LogP contribution in [0.2, 0.25) is 5.02 Å². The van der Waals surface area contributed by atoms with Crippen molar-refractivity contribution in [2.45, 2.75) is 61.7 Å². The van der Waals surface area contributed by atoms with Crippen molar-refractivity contribution in [3.63, 3.8) is 0 Å². The number of carbonyl (C=O) groups is 1. The first kappa shape index (κ1) is 22.2. The molecule has 3 aromatic rings. The summed E-state index contributed by atoms with van der Waals surface area (Å²) in [6.45, 7) is 2.04. The van der Waals surface area contributed by atoms with Crippen molar-refractivity contribution >= 4 is 29.3 Å². The third-order valence-electron chi connectivity index (χ3n) is 6.42. The van der Waals surface area contributed by atoms with Crippen LogP contribution >= 0.6 is 23.4 Å². The molecule has 1 unspecified atom stereocenters. The van der Waals surface area contributed by atoms with Gasteiger partial charge in [-0.2, -0.15) is 0 Å². The van der Waals surface area contributed by atoms with Gasteiger partial charge >= 0.3 is 0 Å². The van der Waals surface area contributed by atoms with E-state index in [4.69, 9.17) is 16.3 Å². The predicted molar refractivity (Wildman–Crippen MR) is 131 cm³/mol. The SMILES string of the molecule is Cc1ccc(Cl)c(OC2C[C@H]3CC[C@@H](C2)N3C(=O)c2ccc(CSc3ncccn3)cc2)c1. The molecule has 2 aromatic carbocycles. The summed E-state index contributed by atoms with van der Waals surface area (Å²) in [5.41, 5.74) is 3.02. The number of piperidine rings is 1. The number of hydrogen-bond donors (Lipinski definition) is 0. The molecule has 1 aromatic heterocycles. The summed E-state index contributed by atoms with van der Waals surface area (Å²) in [5.74, 6) is 1.64. The van der Waals surface area contributed by atoms with Gasteiger partial charge in [0.2, 0.25) is 0 Å². The first-order chi connectivity index (χ1) is 16.1. The number of aryl methyl sites for hydroxylation is 1. The fourth-order valence-corrected chi connectivity index (χ4v) is 5.76. The minimum atomic E-state index is 0.0884. The Morgan fingerprint density at radius 1 is 1.09 bits per heavy atom. The van der Waals surface area contributed by atoms with E-state index in [1.165, 1.54) is 0 Å². The minimum absolute atomic E-state index is 0.0884. The minimum Gasteiger partial charge on any atom is -0.489 e. The largest absolute Gasteiger partial charge is 0.489 e. The van der Waals surface area contributed by atoms with Crippen molar-refractivity contribution in [3.05, 3.63) is 82.6 Å². The number of aromatic nitrogens is 2. The highest BCUT2D eigenvalue weighted by molar-refractivity contribution is 7.98. The Morgan fingerprint density at radius 2 is 1.79 bits per heavy atom. The molecule has 0 saturated carbocycles. The van der Waals surface area contributed by atoms with E-state index in [2.05, 4.69) is 14.9 Å². The Balaban J connectivity index is 1.21. The fraction of sp³-hybridized carbons (Fsp3) is 0.346. The van der Waals surface area contributed by atoms with Crippen LogP contribution < -0.4 is 4.74 Å². The number of halogens is 1. The number of carbonyl (C=O) groups excluding carboxylic acids is 1. The first-order valence-corrected chi connectivity index (χ1v) is 12.7. The lowest BCUT2D eigenvalue weighted by molar-refractivity contribution is 0.0359. The number of hydrogen-bond acceptors (Lipinski definition) is 5. The van der Waals surface area contributed by atoms with Crippen LogP contribution in [-0.4, -0.2) is 39.0 Å². The van der Waals surface area contributed by atoms with E-state index in [0.29, 0.717) is 5.02 Å². The van der Waals surface area contributed by atoms with Crippen molar-refractivity contribution in [1.82, 2.24) is 14.9 Å². The highest BCUT2D eigenvalue weighted by Gasteiger charge is 2.44. The Bertz CT molecular complexity index is 1110. The van der Waals surface area contributed by atoms with Gasteiger partial charge in [-0.1, -0.05) is 41.6 Å². The summed E-state index contributed by atoms with van der Waals surface area (Å²) < 4.78 is 6.28. The number of fused-ring (bicyclic) bond motifs is 2. The van der Waals surface area contributed by atoms with Crippen LogP contribution in [0.15, 0.2) is 66.1 Å². The van der Waals surface area contributed by atoms with Crippen LogP contribution in [0.3, 0.4) is 0 Å². The van der Waals surface area contributed by atoms with Gasteiger partial charge in [0.05, 0.1) is 5.02 Å². The standard InChI is InChI=1S/C26H26ClN3O2S/c1-17-3-10-23(27)24(13-17)32-22-14-20-8-9-21(15-22)30(20)25(31)19-6-4-18(5-7-19)16-33-26-28-11-2-12-29-26/h2-7,10-13,20-22H,8-9,14-16H2,1H3/t20-,21+,22?. The molecular weight excluding hydrogens is 454 g/mol. The van der Waals surface area contributed by atoms with Gasteiger partial charge in [-0.25, -0.2) is 9.97 Å². The molecule has 3 heterocycles. The quantitative estimate of drug-likeness (QED) is 0.323. The molecule has 5 rings (SSSR count). The van der Waals surface area contributed by atoms with Gasteiger partial charge in [0.25, 0.3) is 5.91 Å². The zero-order valence-electron chi connectivity index (χ0n) is 18.5. The second-order valence-electron chi connectivity index (χ2n) is 8.76. The maximum absolute atomic E-state index is 13.4. The summed E-state index contributed by atoms with van der Waals surface area (Å²) in [5, 5.41) is 1.40. The van der Waals surface area contributed by atoms with Crippen LogP contribution in [0, 0.1) is 6.92 Å². The Kier molecular flexibility index (Phi) is 6.56. The summed E-state index contributed by atoms with van der Waals surface area (Å²) in [6, 6.07) is 16.0. The van der Waals surface area contributed by atoms with Crippen LogP contribution in [-0.2, 0) is 5.75 Å². The van der Waals surface area contributed by atoms with E-state index in [1.54, 1.807) is 24.2 Å². The van der Waals surface area contributed by atoms with Gasteiger partial charge in [-0.3, -0.25) is 4.79 Å². The number of thioether (sulfide) groups is 1. The molecule has 170 valence electrons. The van der Waals surface area contributed by atoms with E-state index >= 15 is 0 Å². The van der Waals surface area contributed by atoms with Crippen molar-refractivity contribution in [2.75, 3.05) is 0 Å². The van der Waals surface area contributed by atoms with Gasteiger partial charge in [-0.15, -0.1) is 0 Å². The molecule has 2 aliphatic heterocycles. The average molecular weight is 480 g/mol. The topological polar surface area (TPSA) is 55.3 Å². The van der Waals surface area contributed by atoms with E-state index in [9.17, 15) is 4.79 Å². The molecule has 33 heavy (non-hydrogen) atoms. The van der Waals surface area contributed by atoms with Crippen LogP contribution in [0.1, 0.15) is 47.2 Å². The molecular formula is C26H26ClN3O2S. The van der Waals surface area contributed by atoms with Gasteiger partial charge in [0.15, 0.2) is 5.16 Å². The molecule has 1 amide bonds. The van der Waals surface area contributed by atoms with Crippen molar-refractivity contribution in [3.8, 4) is 5.75 Å². The van der Waals surface area contributed by atoms with Crippen molar-refractivity contribution in [2.24, 2.45) is 0 Å². The smallest absolute Gasteiger partial charge is 0.254 e. The van der Waals surface area contributed by atoms with Crippen molar-refractivity contribution < 1.29 is 9.53 Å². The maximum Gasteiger partial charge on any atom is 0.254 e. The summed E-state index contributed by atoms with van der Waals surface area (Å²) in [6.07, 6.45) is 7.33. The average Bonchev–Trinajstić information content (AvgIpc) is 3.10. The lowest BCUT2D eigenvalue weighted by atomic mass is 9.98. The summed E-state index contributed by atoms with van der Waals surface area (Å²) >= 11 is 7.92. The number of nitrogens with zero attached hydrogens (tertiary/aromatic N) is 3. The normalized spacial score (nSPS) is 21.8. The second kappa shape index (κ2) is 9.74. The number of ether oxygens (including phenoxy) is 1. The molecule has 2 bridgehead atoms. The lowest BCUT2D eigenvalue weighted by Gasteiger charge is -2.39. The third kappa shape index (κ3) is 5.02. The van der Waals surface area contributed by atoms with E-state index < -0.39 is 0 Å². The monoisotopic (exact) mass is 479 g/mol. The molecule has 0 radical (unpaired) electrons. The molecule has 0 spiro atoms. The van der Waals surface area contributed by atoms with E-state index in [0.717, 1.165) is 59.0 Å². The fourth-order valence-electron chi connectivity index (χ4n) is 4.84. The predicted octanol–water partition coefficient (Wildman–Crippen LogP) is 5.95. The van der Waals surface area contributed by atoms with Gasteiger partial charge in [0.1, 0.15) is 11.9 Å². The van der Waals surface area contributed by atoms with E-state index in [-0.39, 0.29) is 24.1 Å². The van der Waals surface area contributed by atoms with Gasteiger partial charge in [0, 0.05) is 48.6 Å². The Morgan fingerprint density at radius 3 is 2.48 bits per heavy atom. The third-order valence-corrected chi connectivity index (χ3v) is 7.67. The van der Waals surface area contributed by atoms with E-state index in [1.807, 2.05) is 55.5 Å². The van der Waals surface area contributed by atoms with Crippen LogP contribution in [0.4, 0.5) is 0 Å².